The summed E-state index contributed by atoms with van der Waals surface area (Å²) in [6, 6.07) is 0. The molecule has 3 heterocycles. The maximum atomic E-state index is 12.1. The number of hydrogen-bond donors (Lipinski definition) is 5. The number of ether oxygens (including phenoxy) is 1. The first-order valence-electron chi connectivity index (χ1n) is 9.24. The fourth-order valence-electron chi connectivity index (χ4n) is 3.08. The first-order valence-corrected chi connectivity index (χ1v) is 9.24. The molecule has 0 spiro atoms. The molecule has 0 aromatic carbocycles. The van der Waals surface area contributed by atoms with Crippen LogP contribution in [-0.2, 0) is 9.53 Å². The predicted octanol–water partition coefficient (Wildman–Crippen LogP) is -0.0802. The maximum absolute atomic E-state index is 12.1. The van der Waals surface area contributed by atoms with E-state index in [1.807, 2.05) is 0 Å². The van der Waals surface area contributed by atoms with Gasteiger partial charge in [0.1, 0.15) is 12.3 Å². The number of carbonyl (C=O) groups is 1. The van der Waals surface area contributed by atoms with Crippen LogP contribution in [0.3, 0.4) is 0 Å². The van der Waals surface area contributed by atoms with E-state index in [-0.39, 0.29) is 25.5 Å². The van der Waals surface area contributed by atoms with Crippen molar-refractivity contribution in [1.82, 2.24) is 24.8 Å². The van der Waals surface area contributed by atoms with Crippen LogP contribution in [-0.4, -0.2) is 73.7 Å². The van der Waals surface area contributed by atoms with Gasteiger partial charge in [-0.2, -0.15) is 23.1 Å². The Hall–Kier alpha value is -2.71. The van der Waals surface area contributed by atoms with E-state index in [4.69, 9.17) is 10.5 Å². The lowest BCUT2D eigenvalue weighted by Crippen LogP contribution is -2.37. The van der Waals surface area contributed by atoms with Crippen molar-refractivity contribution in [3.05, 3.63) is 6.33 Å². The number of nitrogens with zero attached hydrogens (tertiary/aromatic N) is 4. The number of alkyl halides is 3. The topological polar surface area (TPSA) is 160 Å². The van der Waals surface area contributed by atoms with E-state index in [0.29, 0.717) is 36.4 Å². The van der Waals surface area contributed by atoms with Gasteiger partial charge in [-0.05, 0) is 12.8 Å². The highest BCUT2D eigenvalue weighted by Gasteiger charge is 2.38. The van der Waals surface area contributed by atoms with Crippen LogP contribution in [0.15, 0.2) is 6.33 Å². The molecule has 1 amide bonds. The number of anilines is 2. The highest BCUT2D eigenvalue weighted by Crippen LogP contribution is 2.32. The Morgan fingerprint density at radius 1 is 1.33 bits per heavy atom. The summed E-state index contributed by atoms with van der Waals surface area (Å²) < 4.78 is 43.5. The zero-order valence-corrected chi connectivity index (χ0v) is 15.8. The number of rotatable bonds is 8. The minimum atomic E-state index is -4.89. The van der Waals surface area contributed by atoms with Crippen LogP contribution in [0.2, 0.25) is 0 Å². The second-order valence-corrected chi connectivity index (χ2v) is 6.76. The molecule has 0 unspecified atom stereocenters. The molecular weight excluding hydrogens is 411 g/mol. The lowest BCUT2D eigenvalue weighted by molar-refractivity contribution is -0.173. The summed E-state index contributed by atoms with van der Waals surface area (Å²) in [6.07, 6.45) is -4.52. The van der Waals surface area contributed by atoms with E-state index < -0.39 is 30.5 Å². The van der Waals surface area contributed by atoms with Gasteiger partial charge >= 0.3 is 12.1 Å². The molecule has 30 heavy (non-hydrogen) atoms. The molecular formula is C16H22F3N7O4. The largest absolute Gasteiger partial charge is 0.471 e. The monoisotopic (exact) mass is 433 g/mol. The number of imidazole rings is 1. The summed E-state index contributed by atoms with van der Waals surface area (Å²) in [6.45, 7) is -0.0769. The van der Waals surface area contributed by atoms with E-state index >= 15 is 0 Å². The molecule has 11 nitrogen and oxygen atoms in total. The summed E-state index contributed by atoms with van der Waals surface area (Å²) >= 11 is 0. The number of amides is 1. The average molecular weight is 433 g/mol. The van der Waals surface area contributed by atoms with Gasteiger partial charge in [-0.25, -0.2) is 4.98 Å². The summed E-state index contributed by atoms with van der Waals surface area (Å²) in [5.74, 6) is -1.65. The highest BCUT2D eigenvalue weighted by molar-refractivity contribution is 5.84. The van der Waals surface area contributed by atoms with Crippen molar-refractivity contribution in [1.29, 1.82) is 0 Å². The van der Waals surface area contributed by atoms with Gasteiger partial charge in [-0.1, -0.05) is 0 Å². The van der Waals surface area contributed by atoms with E-state index in [1.54, 1.807) is 9.88 Å². The third-order valence-electron chi connectivity index (χ3n) is 4.57. The fraction of sp³-hybridized carbons (Fsp3) is 0.625. The quantitative estimate of drug-likeness (QED) is 0.359. The minimum absolute atomic E-state index is 0.0264. The second-order valence-electron chi connectivity index (χ2n) is 6.76. The van der Waals surface area contributed by atoms with Crippen LogP contribution >= 0.6 is 0 Å². The number of carbonyl (C=O) groups excluding carboxylic acids is 1. The van der Waals surface area contributed by atoms with Crippen molar-refractivity contribution >= 4 is 28.8 Å². The van der Waals surface area contributed by atoms with Crippen LogP contribution in [0.1, 0.15) is 25.5 Å². The van der Waals surface area contributed by atoms with E-state index in [9.17, 15) is 28.2 Å². The molecule has 0 bridgehead atoms. The Morgan fingerprint density at radius 2 is 2.07 bits per heavy atom. The molecule has 6 N–H and O–H groups in total. The molecule has 3 atom stereocenters. The number of hydrogen-bond acceptors (Lipinski definition) is 9. The van der Waals surface area contributed by atoms with E-state index in [2.05, 4.69) is 20.3 Å². The first-order chi connectivity index (χ1) is 14.2. The number of nitrogen functional groups attached to an aromatic ring is 1. The summed E-state index contributed by atoms with van der Waals surface area (Å²) in [5, 5.41) is 24.0. The Bertz CT molecular complexity index is 892. The van der Waals surface area contributed by atoms with Gasteiger partial charge < -0.3 is 31.3 Å². The fourth-order valence-corrected chi connectivity index (χ4v) is 3.08. The van der Waals surface area contributed by atoms with Crippen molar-refractivity contribution in [3.8, 4) is 0 Å². The number of fused-ring (bicyclic) bond motifs is 1. The van der Waals surface area contributed by atoms with Gasteiger partial charge in [0.15, 0.2) is 17.0 Å². The van der Waals surface area contributed by atoms with E-state index in [0.717, 1.165) is 0 Å². The standard InChI is InChI=1S/C16H22F3N7O4/c17-16(18,19)14(29)22-4-2-1-3-21-12-11-13(25-15(20)24-12)26(7-23-11)10-5-8(28)9(6-27)30-10/h7-10,27-28H,1-6H2,(H,22,29)(H3,20,21,24,25)/t8-,9+,10+/m0/s1. The van der Waals surface area contributed by atoms with Gasteiger partial charge in [0, 0.05) is 19.5 Å². The van der Waals surface area contributed by atoms with Gasteiger partial charge in [0.25, 0.3) is 0 Å². The smallest absolute Gasteiger partial charge is 0.394 e. The van der Waals surface area contributed by atoms with Crippen molar-refractivity contribution < 1.29 is 32.9 Å². The van der Waals surface area contributed by atoms with Gasteiger partial charge in [0.2, 0.25) is 5.95 Å². The summed E-state index contributed by atoms with van der Waals surface area (Å²) in [5.41, 5.74) is 6.55. The van der Waals surface area contributed by atoms with Gasteiger partial charge in [0.05, 0.1) is 19.0 Å². The molecule has 3 rings (SSSR count). The lowest BCUT2D eigenvalue weighted by atomic mass is 10.2. The highest BCUT2D eigenvalue weighted by atomic mass is 19.4. The molecule has 1 fully saturated rings. The molecule has 0 aliphatic carbocycles. The van der Waals surface area contributed by atoms with Crippen LogP contribution in [0.25, 0.3) is 11.2 Å². The SMILES string of the molecule is Nc1nc(NCCCCNC(=O)C(F)(F)F)c2ncn([C@H]3C[C@H](O)[C@@H](CO)O3)c2n1. The minimum Gasteiger partial charge on any atom is -0.394 e. The Morgan fingerprint density at radius 3 is 2.73 bits per heavy atom. The summed E-state index contributed by atoms with van der Waals surface area (Å²) in [4.78, 5) is 23.3. The maximum Gasteiger partial charge on any atom is 0.471 e. The number of aromatic nitrogens is 4. The molecule has 0 radical (unpaired) electrons. The molecule has 1 saturated heterocycles. The van der Waals surface area contributed by atoms with Crippen molar-refractivity contribution in [2.24, 2.45) is 0 Å². The number of nitrogens with two attached hydrogens (primary N) is 1. The average Bonchev–Trinajstić information content (AvgIpc) is 3.26. The van der Waals surface area contributed by atoms with Crippen molar-refractivity contribution in [2.75, 3.05) is 30.7 Å². The number of unbranched alkanes of at least 4 members (excludes halogenated alkanes) is 1. The zero-order chi connectivity index (χ0) is 21.9. The summed E-state index contributed by atoms with van der Waals surface area (Å²) in [7, 11) is 0. The second kappa shape index (κ2) is 8.97. The molecule has 2 aromatic rings. The number of nitrogens with one attached hydrogen (secondary N) is 2. The molecule has 1 aliphatic rings. The Balaban J connectivity index is 1.59. The van der Waals surface area contributed by atoms with E-state index in [1.165, 1.54) is 6.33 Å². The van der Waals surface area contributed by atoms with Crippen molar-refractivity contribution in [2.45, 2.75) is 43.9 Å². The van der Waals surface area contributed by atoms with Gasteiger partial charge in [-0.3, -0.25) is 9.36 Å². The third kappa shape index (κ3) is 4.88. The number of aliphatic hydroxyl groups excluding tert-OH is 2. The molecule has 166 valence electrons. The number of halogens is 3. The first kappa shape index (κ1) is 22.0. The van der Waals surface area contributed by atoms with Crippen LogP contribution in [0.5, 0.6) is 0 Å². The zero-order valence-electron chi connectivity index (χ0n) is 15.8. The van der Waals surface area contributed by atoms with Crippen molar-refractivity contribution in [3.63, 3.8) is 0 Å². The van der Waals surface area contributed by atoms with Crippen LogP contribution < -0.4 is 16.4 Å². The van der Waals surface area contributed by atoms with Crippen LogP contribution in [0.4, 0.5) is 24.9 Å². The Labute approximate surface area is 168 Å². The Kier molecular flexibility index (Phi) is 6.58. The van der Waals surface area contributed by atoms with Gasteiger partial charge in [-0.15, -0.1) is 0 Å². The lowest BCUT2D eigenvalue weighted by Gasteiger charge is -2.14. The molecule has 2 aromatic heterocycles. The molecule has 1 aliphatic heterocycles. The third-order valence-corrected chi connectivity index (χ3v) is 4.57. The number of aliphatic hydroxyl groups is 2. The molecule has 14 heteroatoms. The predicted molar refractivity (Wildman–Crippen MR) is 98.1 cm³/mol. The normalized spacial score (nSPS) is 21.8. The molecule has 0 saturated carbocycles. The van der Waals surface area contributed by atoms with Crippen LogP contribution in [0, 0.1) is 0 Å².